The Kier molecular flexibility index (Phi) is 3.79. The van der Waals surface area contributed by atoms with Gasteiger partial charge < -0.3 is 4.74 Å². The zero-order valence-electron chi connectivity index (χ0n) is 14.6. The second-order valence-electron chi connectivity index (χ2n) is 6.39. The van der Waals surface area contributed by atoms with Gasteiger partial charge in [0.25, 0.3) is 0 Å². The Bertz CT molecular complexity index is 1210. The average molecular weight is 351 g/mol. The quantitative estimate of drug-likeness (QED) is 0.451. The third-order valence-electron chi connectivity index (χ3n) is 4.64. The largest absolute Gasteiger partial charge is 0.472 e. The van der Waals surface area contributed by atoms with E-state index in [-0.39, 0.29) is 0 Å². The van der Waals surface area contributed by atoms with Gasteiger partial charge in [0.15, 0.2) is 5.65 Å². The highest BCUT2D eigenvalue weighted by molar-refractivity contribution is 5.85. The molecular weight excluding hydrogens is 334 g/mol. The second-order valence-corrected chi connectivity index (χ2v) is 6.39. The van der Waals surface area contributed by atoms with Gasteiger partial charge in [0, 0.05) is 6.07 Å². The van der Waals surface area contributed by atoms with Crippen LogP contribution >= 0.6 is 0 Å². The number of aromatic nitrogens is 3. The average Bonchev–Trinajstić information content (AvgIpc) is 3.22. The number of benzene rings is 3. The zero-order valence-corrected chi connectivity index (χ0v) is 14.6. The Morgan fingerprint density at radius 3 is 2.33 bits per heavy atom. The predicted molar refractivity (Wildman–Crippen MR) is 107 cm³/mol. The molecule has 0 aliphatic rings. The van der Waals surface area contributed by atoms with Gasteiger partial charge in [-0.05, 0) is 28.8 Å². The third-order valence-corrected chi connectivity index (χ3v) is 4.64. The molecule has 0 saturated carbocycles. The minimum atomic E-state index is 0.469. The number of ether oxygens (including phenoxy) is 1. The van der Waals surface area contributed by atoms with Gasteiger partial charge >= 0.3 is 0 Å². The Morgan fingerprint density at radius 1 is 0.741 bits per heavy atom. The first-order valence-electron chi connectivity index (χ1n) is 8.88. The smallest absolute Gasteiger partial charge is 0.225 e. The highest BCUT2D eigenvalue weighted by atomic mass is 16.5. The lowest BCUT2D eigenvalue weighted by atomic mass is 10.0. The Balaban J connectivity index is 1.42. The molecule has 0 radical (unpaired) electrons. The fraction of sp³-hybridized carbons (Fsp3) is 0.0435. The van der Waals surface area contributed by atoms with E-state index in [1.807, 2.05) is 40.9 Å². The van der Waals surface area contributed by atoms with E-state index in [1.165, 1.54) is 11.1 Å². The van der Waals surface area contributed by atoms with Gasteiger partial charge in [0.05, 0.1) is 17.1 Å². The summed E-state index contributed by atoms with van der Waals surface area (Å²) < 4.78 is 7.91. The fourth-order valence-corrected chi connectivity index (χ4v) is 3.26. The van der Waals surface area contributed by atoms with Crippen molar-refractivity contribution >= 4 is 16.6 Å². The molecular formula is C23H17N3O. The van der Waals surface area contributed by atoms with Crippen molar-refractivity contribution in [2.45, 2.75) is 6.61 Å². The summed E-state index contributed by atoms with van der Waals surface area (Å²) in [4.78, 5) is 4.62. The van der Waals surface area contributed by atoms with Crippen molar-refractivity contribution in [3.8, 4) is 17.0 Å². The molecule has 0 amide bonds. The van der Waals surface area contributed by atoms with Gasteiger partial charge in [-0.1, -0.05) is 66.7 Å². The van der Waals surface area contributed by atoms with E-state index in [9.17, 15) is 0 Å². The van der Waals surface area contributed by atoms with Crippen LogP contribution in [0.4, 0.5) is 0 Å². The summed E-state index contributed by atoms with van der Waals surface area (Å²) in [6.45, 7) is 0.469. The number of rotatable bonds is 4. The Morgan fingerprint density at radius 2 is 1.48 bits per heavy atom. The highest BCUT2D eigenvalue weighted by Gasteiger charge is 2.10. The molecule has 0 atom stereocenters. The summed E-state index contributed by atoms with van der Waals surface area (Å²) >= 11 is 0. The fourth-order valence-electron chi connectivity index (χ4n) is 3.26. The predicted octanol–water partition coefficient (Wildman–Crippen LogP) is 5.13. The van der Waals surface area contributed by atoms with Crippen LogP contribution < -0.4 is 4.74 Å². The van der Waals surface area contributed by atoms with E-state index < -0.39 is 0 Å². The van der Waals surface area contributed by atoms with Crippen molar-refractivity contribution < 1.29 is 4.74 Å². The van der Waals surface area contributed by atoms with Crippen LogP contribution in [0.15, 0.2) is 91.1 Å². The highest BCUT2D eigenvalue weighted by Crippen LogP contribution is 2.26. The summed E-state index contributed by atoms with van der Waals surface area (Å²) in [6, 6.07) is 28.7. The molecule has 0 fully saturated rings. The maximum atomic E-state index is 6.08. The van der Waals surface area contributed by atoms with E-state index in [1.54, 1.807) is 6.20 Å². The first kappa shape index (κ1) is 15.6. The van der Waals surface area contributed by atoms with Gasteiger partial charge in [0.1, 0.15) is 6.61 Å². The van der Waals surface area contributed by atoms with Crippen molar-refractivity contribution in [2.75, 3.05) is 0 Å². The molecule has 0 bridgehead atoms. The molecule has 0 spiro atoms. The van der Waals surface area contributed by atoms with E-state index in [2.05, 4.69) is 58.6 Å². The van der Waals surface area contributed by atoms with Crippen LogP contribution in [0, 0.1) is 0 Å². The van der Waals surface area contributed by atoms with Crippen molar-refractivity contribution in [1.82, 2.24) is 14.6 Å². The molecule has 0 unspecified atom stereocenters. The molecule has 3 aromatic carbocycles. The molecule has 0 aliphatic carbocycles. The number of hydrogen-bond donors (Lipinski definition) is 0. The van der Waals surface area contributed by atoms with Crippen LogP contribution in [0.25, 0.3) is 27.7 Å². The van der Waals surface area contributed by atoms with Crippen molar-refractivity contribution in [3.63, 3.8) is 0 Å². The summed E-state index contributed by atoms with van der Waals surface area (Å²) in [5.41, 5.74) is 5.28. The molecule has 0 saturated heterocycles. The van der Waals surface area contributed by atoms with Gasteiger partial charge in [-0.3, -0.25) is 0 Å². The lowest BCUT2D eigenvalue weighted by molar-refractivity contribution is 0.298. The first-order chi connectivity index (χ1) is 13.4. The number of hydrogen-bond acceptors (Lipinski definition) is 3. The van der Waals surface area contributed by atoms with Crippen LogP contribution in [-0.4, -0.2) is 14.6 Å². The van der Waals surface area contributed by atoms with Crippen molar-refractivity contribution in [3.05, 3.63) is 96.7 Å². The van der Waals surface area contributed by atoms with Crippen LogP contribution in [0.5, 0.6) is 5.88 Å². The number of fused-ring (bicyclic) bond motifs is 3. The minimum Gasteiger partial charge on any atom is -0.472 e. The lowest BCUT2D eigenvalue weighted by Gasteiger charge is -2.10. The summed E-state index contributed by atoms with van der Waals surface area (Å²) in [7, 11) is 0. The normalized spacial score (nSPS) is 11.1. The van der Waals surface area contributed by atoms with E-state index in [4.69, 9.17) is 4.74 Å². The monoisotopic (exact) mass is 351 g/mol. The van der Waals surface area contributed by atoms with Crippen molar-refractivity contribution in [1.29, 1.82) is 0 Å². The van der Waals surface area contributed by atoms with E-state index in [0.29, 0.717) is 12.5 Å². The molecule has 5 aromatic rings. The molecule has 2 aromatic heterocycles. The summed E-state index contributed by atoms with van der Waals surface area (Å²) in [5, 5.41) is 5.30. The SMILES string of the molecule is c1ccc(-c2ccc(COc3nc4ccnn4c4ccccc34)cc2)cc1. The molecule has 5 rings (SSSR count). The minimum absolute atomic E-state index is 0.469. The van der Waals surface area contributed by atoms with Crippen molar-refractivity contribution in [2.24, 2.45) is 0 Å². The van der Waals surface area contributed by atoms with E-state index >= 15 is 0 Å². The molecule has 0 aliphatic heterocycles. The van der Waals surface area contributed by atoms with Crippen LogP contribution in [-0.2, 0) is 6.61 Å². The van der Waals surface area contributed by atoms with Gasteiger partial charge in [-0.2, -0.15) is 10.1 Å². The van der Waals surface area contributed by atoms with Crippen LogP contribution in [0.2, 0.25) is 0 Å². The number of nitrogens with zero attached hydrogens (tertiary/aromatic N) is 3. The maximum absolute atomic E-state index is 6.08. The standard InChI is InChI=1S/C23H17N3O/c1-2-6-18(7-3-1)19-12-10-17(11-13-19)16-27-23-20-8-4-5-9-21(20)26-22(25-23)14-15-24-26/h1-15H,16H2. The van der Waals surface area contributed by atoms with Crippen LogP contribution in [0.1, 0.15) is 5.56 Å². The molecule has 130 valence electrons. The van der Waals surface area contributed by atoms with Gasteiger partial charge in [-0.25, -0.2) is 4.52 Å². The van der Waals surface area contributed by atoms with Gasteiger partial charge in [-0.15, -0.1) is 0 Å². The number of para-hydroxylation sites is 1. The Labute approximate surface area is 156 Å². The van der Waals surface area contributed by atoms with Gasteiger partial charge in [0.2, 0.25) is 5.88 Å². The topological polar surface area (TPSA) is 39.4 Å². The lowest BCUT2D eigenvalue weighted by Crippen LogP contribution is -2.01. The zero-order chi connectivity index (χ0) is 18.1. The molecule has 4 nitrogen and oxygen atoms in total. The second kappa shape index (κ2) is 6.57. The molecule has 0 N–H and O–H groups in total. The molecule has 2 heterocycles. The molecule has 27 heavy (non-hydrogen) atoms. The summed E-state index contributed by atoms with van der Waals surface area (Å²) in [6.07, 6.45) is 1.75. The molecule has 4 heteroatoms. The van der Waals surface area contributed by atoms with Crippen LogP contribution in [0.3, 0.4) is 0 Å². The van der Waals surface area contributed by atoms with E-state index in [0.717, 1.165) is 22.1 Å². The maximum Gasteiger partial charge on any atom is 0.225 e. The Hall–Kier alpha value is -3.66. The third kappa shape index (κ3) is 2.91. The summed E-state index contributed by atoms with van der Waals surface area (Å²) in [5.74, 6) is 0.630. The first-order valence-corrected chi connectivity index (χ1v) is 8.88.